The van der Waals surface area contributed by atoms with Crippen molar-refractivity contribution in [1.29, 1.82) is 0 Å². The normalized spacial score (nSPS) is 10.4. The molecule has 0 saturated heterocycles. The second-order valence-electron chi connectivity index (χ2n) is 3.07. The Hall–Kier alpha value is -1.56. The smallest absolute Gasteiger partial charge is 0.341 e. The quantitative estimate of drug-likeness (QED) is 0.670. The van der Waals surface area contributed by atoms with Crippen molar-refractivity contribution in [3.05, 3.63) is 22.7 Å². The molecular weight excluding hydrogens is 256 g/mol. The molecule has 17 heavy (non-hydrogen) atoms. The maximum atomic E-state index is 12.0. The number of carbonyl (C=O) groups excluding carboxylic acids is 1. The number of anilines is 1. The number of alkyl halides is 2. The van der Waals surface area contributed by atoms with Crippen molar-refractivity contribution >= 4 is 23.3 Å². The van der Waals surface area contributed by atoms with Crippen LogP contribution in [0, 0.1) is 0 Å². The minimum absolute atomic E-state index is 0.0222. The zero-order chi connectivity index (χ0) is 13.0. The van der Waals surface area contributed by atoms with Crippen LogP contribution in [-0.2, 0) is 4.74 Å². The minimum Gasteiger partial charge on any atom is -0.485 e. The lowest BCUT2D eigenvalue weighted by atomic mass is 10.2. The largest absolute Gasteiger partial charge is 0.485 e. The fourth-order valence-corrected chi connectivity index (χ4v) is 1.45. The maximum Gasteiger partial charge on any atom is 0.341 e. The van der Waals surface area contributed by atoms with E-state index in [2.05, 4.69) is 4.74 Å². The third-order valence-corrected chi connectivity index (χ3v) is 2.11. The van der Waals surface area contributed by atoms with E-state index in [4.69, 9.17) is 22.1 Å². The molecule has 0 fully saturated rings. The van der Waals surface area contributed by atoms with Gasteiger partial charge in [0.2, 0.25) is 0 Å². The van der Waals surface area contributed by atoms with Gasteiger partial charge in [-0.2, -0.15) is 0 Å². The molecular formula is C10H10ClF2NO3. The molecule has 7 heteroatoms. The number of benzene rings is 1. The summed E-state index contributed by atoms with van der Waals surface area (Å²) in [5.74, 6) is -0.920. The molecule has 0 radical (unpaired) electrons. The number of nitrogens with two attached hydrogens (primary N) is 1. The number of hydrogen-bond donors (Lipinski definition) is 1. The number of ether oxygens (including phenoxy) is 2. The highest BCUT2D eigenvalue weighted by Gasteiger charge is 2.18. The second kappa shape index (κ2) is 5.67. The van der Waals surface area contributed by atoms with Crippen LogP contribution in [0.3, 0.4) is 0 Å². The molecule has 0 atom stereocenters. The van der Waals surface area contributed by atoms with Gasteiger partial charge >= 0.3 is 5.97 Å². The van der Waals surface area contributed by atoms with Gasteiger partial charge in [0.1, 0.15) is 12.2 Å². The number of esters is 1. The number of halogens is 3. The SMILES string of the molecule is COC(=O)c1cc(N)cc(Cl)c1OCC(F)F. The number of methoxy groups -OCH3 is 1. The van der Waals surface area contributed by atoms with Crippen LogP contribution in [0.2, 0.25) is 5.02 Å². The van der Waals surface area contributed by atoms with E-state index in [0.29, 0.717) is 0 Å². The number of nitrogen functional groups attached to an aromatic ring is 1. The third kappa shape index (κ3) is 3.45. The lowest BCUT2D eigenvalue weighted by molar-refractivity contribution is 0.0578. The fraction of sp³-hybridized carbons (Fsp3) is 0.300. The molecule has 0 saturated carbocycles. The zero-order valence-electron chi connectivity index (χ0n) is 8.88. The molecule has 0 bridgehead atoms. The van der Waals surface area contributed by atoms with Crippen LogP contribution < -0.4 is 10.5 Å². The summed E-state index contributed by atoms with van der Waals surface area (Å²) in [6.45, 7) is -0.867. The van der Waals surface area contributed by atoms with Crippen molar-refractivity contribution in [1.82, 2.24) is 0 Å². The summed E-state index contributed by atoms with van der Waals surface area (Å²) in [4.78, 5) is 11.4. The summed E-state index contributed by atoms with van der Waals surface area (Å²) in [6, 6.07) is 2.55. The van der Waals surface area contributed by atoms with Crippen LogP contribution >= 0.6 is 11.6 Å². The Bertz CT molecular complexity index is 426. The van der Waals surface area contributed by atoms with E-state index in [1.54, 1.807) is 0 Å². The highest BCUT2D eigenvalue weighted by molar-refractivity contribution is 6.33. The molecule has 0 aliphatic carbocycles. The molecule has 0 aliphatic heterocycles. The first kappa shape index (κ1) is 13.5. The first-order valence-electron chi connectivity index (χ1n) is 4.54. The predicted molar refractivity (Wildman–Crippen MR) is 58.7 cm³/mol. The summed E-state index contributed by atoms with van der Waals surface area (Å²) < 4.78 is 33.3. The van der Waals surface area contributed by atoms with Gasteiger partial charge in [-0.3, -0.25) is 0 Å². The molecule has 1 aromatic rings. The summed E-state index contributed by atoms with van der Waals surface area (Å²) in [7, 11) is 1.15. The van der Waals surface area contributed by atoms with Crippen LogP contribution in [0.25, 0.3) is 0 Å². The minimum atomic E-state index is -2.67. The highest BCUT2D eigenvalue weighted by Crippen LogP contribution is 2.32. The Morgan fingerprint density at radius 2 is 2.18 bits per heavy atom. The summed E-state index contributed by atoms with van der Waals surface area (Å²) in [5, 5.41) is -0.0222. The van der Waals surface area contributed by atoms with Gasteiger partial charge in [-0.05, 0) is 12.1 Å². The number of carbonyl (C=O) groups is 1. The van der Waals surface area contributed by atoms with Gasteiger partial charge in [0.15, 0.2) is 5.75 Å². The first-order valence-corrected chi connectivity index (χ1v) is 4.91. The standard InChI is InChI=1S/C10H10ClF2NO3/c1-16-10(15)6-2-5(14)3-7(11)9(6)17-4-8(12)13/h2-3,8H,4,14H2,1H3. The van der Waals surface area contributed by atoms with Gasteiger partial charge in [0, 0.05) is 5.69 Å². The van der Waals surface area contributed by atoms with Gasteiger partial charge in [-0.25, -0.2) is 13.6 Å². The molecule has 4 nitrogen and oxygen atoms in total. The van der Waals surface area contributed by atoms with Crippen LogP contribution in [0.1, 0.15) is 10.4 Å². The molecule has 0 heterocycles. The molecule has 1 aromatic carbocycles. The molecule has 0 aromatic heterocycles. The maximum absolute atomic E-state index is 12.0. The van der Waals surface area contributed by atoms with E-state index >= 15 is 0 Å². The predicted octanol–water partition coefficient (Wildman–Crippen LogP) is 2.35. The van der Waals surface area contributed by atoms with Gasteiger partial charge in [-0.1, -0.05) is 11.6 Å². The fourth-order valence-electron chi connectivity index (χ4n) is 1.17. The summed E-state index contributed by atoms with van der Waals surface area (Å²) in [5.41, 5.74) is 5.60. The Kier molecular flexibility index (Phi) is 4.51. The Morgan fingerprint density at radius 1 is 1.53 bits per heavy atom. The van der Waals surface area contributed by atoms with Crippen LogP contribution in [0.5, 0.6) is 5.75 Å². The molecule has 0 spiro atoms. The van der Waals surface area contributed by atoms with Crippen LogP contribution in [0.4, 0.5) is 14.5 Å². The van der Waals surface area contributed by atoms with E-state index in [9.17, 15) is 13.6 Å². The van der Waals surface area contributed by atoms with Crippen molar-refractivity contribution in [2.45, 2.75) is 6.43 Å². The number of rotatable bonds is 4. The molecule has 1 rings (SSSR count). The van der Waals surface area contributed by atoms with Crippen LogP contribution in [0.15, 0.2) is 12.1 Å². The van der Waals surface area contributed by atoms with Crippen molar-refractivity contribution in [2.24, 2.45) is 0 Å². The molecule has 2 N–H and O–H groups in total. The van der Waals surface area contributed by atoms with E-state index in [1.165, 1.54) is 12.1 Å². The summed E-state index contributed by atoms with van der Waals surface area (Å²) >= 11 is 5.76. The van der Waals surface area contributed by atoms with E-state index in [1.807, 2.05) is 0 Å². The molecule has 0 amide bonds. The van der Waals surface area contributed by atoms with Crippen molar-refractivity contribution in [3.63, 3.8) is 0 Å². The van der Waals surface area contributed by atoms with Crippen molar-refractivity contribution in [2.75, 3.05) is 19.5 Å². The lowest BCUT2D eigenvalue weighted by Crippen LogP contribution is -2.12. The Balaban J connectivity index is 3.11. The van der Waals surface area contributed by atoms with Crippen LogP contribution in [-0.4, -0.2) is 26.1 Å². The van der Waals surface area contributed by atoms with Gasteiger partial charge < -0.3 is 15.2 Å². The second-order valence-corrected chi connectivity index (χ2v) is 3.48. The van der Waals surface area contributed by atoms with E-state index in [0.717, 1.165) is 7.11 Å². The van der Waals surface area contributed by atoms with E-state index in [-0.39, 0.29) is 22.0 Å². The molecule has 94 valence electrons. The zero-order valence-corrected chi connectivity index (χ0v) is 9.63. The summed E-state index contributed by atoms with van der Waals surface area (Å²) in [6.07, 6.45) is -2.67. The van der Waals surface area contributed by atoms with Gasteiger partial charge in [0.05, 0.1) is 12.1 Å². The lowest BCUT2D eigenvalue weighted by Gasteiger charge is -2.12. The number of hydrogen-bond acceptors (Lipinski definition) is 4. The topological polar surface area (TPSA) is 61.5 Å². The molecule has 0 aliphatic rings. The molecule has 0 unspecified atom stereocenters. The Labute approximate surface area is 101 Å². The van der Waals surface area contributed by atoms with E-state index < -0.39 is 19.0 Å². The third-order valence-electron chi connectivity index (χ3n) is 1.82. The van der Waals surface area contributed by atoms with Gasteiger partial charge in [-0.15, -0.1) is 0 Å². The van der Waals surface area contributed by atoms with Gasteiger partial charge in [0.25, 0.3) is 6.43 Å². The first-order chi connectivity index (χ1) is 7.95. The highest BCUT2D eigenvalue weighted by atomic mass is 35.5. The monoisotopic (exact) mass is 265 g/mol. The van der Waals surface area contributed by atoms with Crippen molar-refractivity contribution in [3.8, 4) is 5.75 Å². The average molecular weight is 266 g/mol. The Morgan fingerprint density at radius 3 is 2.71 bits per heavy atom. The van der Waals surface area contributed by atoms with Crippen molar-refractivity contribution < 1.29 is 23.0 Å². The average Bonchev–Trinajstić information content (AvgIpc) is 2.25.